The van der Waals surface area contributed by atoms with Crippen molar-refractivity contribution in [2.24, 2.45) is 5.73 Å². The average Bonchev–Trinajstić information content (AvgIpc) is 2.48. The highest BCUT2D eigenvalue weighted by molar-refractivity contribution is 9.10. The first-order valence-corrected chi connectivity index (χ1v) is 6.59. The first-order chi connectivity index (χ1) is 7.77. The molecule has 1 fully saturated rings. The Morgan fingerprint density at radius 3 is 2.94 bits per heavy atom. The van der Waals surface area contributed by atoms with Crippen LogP contribution in [0.25, 0.3) is 0 Å². The molecule has 1 aliphatic rings. The van der Waals surface area contributed by atoms with Crippen LogP contribution in [0.15, 0.2) is 22.8 Å². The van der Waals surface area contributed by atoms with Crippen LogP contribution in [0.2, 0.25) is 0 Å². The van der Waals surface area contributed by atoms with Crippen molar-refractivity contribution in [1.29, 1.82) is 0 Å². The molecule has 1 saturated carbocycles. The number of ether oxygens (including phenoxy) is 1. The molecule has 0 spiro atoms. The standard InChI is InChI=1S/C12H17BrN2O/c13-9-5-4-8-15-12(9)16-11-7-3-1-2-6-10(11)14/h4-5,8,10-11H,1-3,6-7,14H2. The van der Waals surface area contributed by atoms with E-state index < -0.39 is 0 Å². The van der Waals surface area contributed by atoms with Crippen molar-refractivity contribution >= 4 is 15.9 Å². The monoisotopic (exact) mass is 284 g/mol. The zero-order chi connectivity index (χ0) is 11.4. The Labute approximate surface area is 105 Å². The molecule has 0 radical (unpaired) electrons. The zero-order valence-electron chi connectivity index (χ0n) is 9.23. The predicted molar refractivity (Wildman–Crippen MR) is 67.4 cm³/mol. The highest BCUT2D eigenvalue weighted by atomic mass is 79.9. The minimum atomic E-state index is 0.105. The molecule has 1 aromatic rings. The predicted octanol–water partition coefficient (Wildman–Crippen LogP) is 2.88. The molecule has 3 nitrogen and oxygen atoms in total. The Balaban J connectivity index is 2.05. The lowest BCUT2D eigenvalue weighted by atomic mass is 10.1. The number of nitrogens with zero attached hydrogens (tertiary/aromatic N) is 1. The fourth-order valence-electron chi connectivity index (χ4n) is 2.05. The number of rotatable bonds is 2. The molecule has 0 amide bonds. The molecule has 0 saturated heterocycles. The highest BCUT2D eigenvalue weighted by Crippen LogP contribution is 2.26. The summed E-state index contributed by atoms with van der Waals surface area (Å²) in [4.78, 5) is 4.21. The van der Waals surface area contributed by atoms with E-state index in [9.17, 15) is 0 Å². The molecular formula is C12H17BrN2O. The number of halogens is 1. The second-order valence-electron chi connectivity index (χ2n) is 4.25. The number of aromatic nitrogens is 1. The van der Waals surface area contributed by atoms with Crippen molar-refractivity contribution in [3.8, 4) is 5.88 Å². The van der Waals surface area contributed by atoms with Gasteiger partial charge in [-0.25, -0.2) is 4.98 Å². The lowest BCUT2D eigenvalue weighted by Crippen LogP contribution is -2.38. The molecule has 1 aromatic heterocycles. The van der Waals surface area contributed by atoms with Crippen LogP contribution in [0.4, 0.5) is 0 Å². The quantitative estimate of drug-likeness (QED) is 0.850. The van der Waals surface area contributed by atoms with Crippen LogP contribution < -0.4 is 10.5 Å². The minimum Gasteiger partial charge on any atom is -0.472 e. The second kappa shape index (κ2) is 5.64. The summed E-state index contributed by atoms with van der Waals surface area (Å²) >= 11 is 3.43. The third-order valence-corrected chi connectivity index (χ3v) is 3.59. The first kappa shape index (κ1) is 11.9. The first-order valence-electron chi connectivity index (χ1n) is 5.80. The molecule has 2 N–H and O–H groups in total. The Bertz CT molecular complexity index is 346. The van der Waals surface area contributed by atoms with E-state index in [4.69, 9.17) is 10.5 Å². The summed E-state index contributed by atoms with van der Waals surface area (Å²) in [7, 11) is 0. The lowest BCUT2D eigenvalue weighted by Gasteiger charge is -2.22. The minimum absolute atomic E-state index is 0.105. The maximum Gasteiger partial charge on any atom is 0.228 e. The molecule has 0 aromatic carbocycles. The van der Waals surface area contributed by atoms with Crippen LogP contribution in [0, 0.1) is 0 Å². The van der Waals surface area contributed by atoms with Gasteiger partial charge in [0.1, 0.15) is 6.10 Å². The van der Waals surface area contributed by atoms with Crippen LogP contribution in [-0.2, 0) is 0 Å². The van der Waals surface area contributed by atoms with E-state index in [2.05, 4.69) is 20.9 Å². The summed E-state index contributed by atoms with van der Waals surface area (Å²) in [6, 6.07) is 3.95. The van der Waals surface area contributed by atoms with Gasteiger partial charge in [-0.3, -0.25) is 0 Å². The summed E-state index contributed by atoms with van der Waals surface area (Å²) in [6.45, 7) is 0. The second-order valence-corrected chi connectivity index (χ2v) is 5.10. The molecule has 1 heterocycles. The summed E-state index contributed by atoms with van der Waals surface area (Å²) in [5.41, 5.74) is 6.11. The van der Waals surface area contributed by atoms with Gasteiger partial charge in [0.25, 0.3) is 0 Å². The van der Waals surface area contributed by atoms with Crippen LogP contribution in [0.1, 0.15) is 32.1 Å². The normalized spacial score (nSPS) is 26.1. The summed E-state index contributed by atoms with van der Waals surface area (Å²) in [6.07, 6.45) is 7.60. The van der Waals surface area contributed by atoms with E-state index in [0.717, 1.165) is 17.3 Å². The summed E-state index contributed by atoms with van der Waals surface area (Å²) in [5, 5.41) is 0. The molecule has 4 heteroatoms. The van der Waals surface area contributed by atoms with Crippen LogP contribution in [-0.4, -0.2) is 17.1 Å². The van der Waals surface area contributed by atoms with E-state index in [1.165, 1.54) is 19.3 Å². The average molecular weight is 285 g/mol. The van der Waals surface area contributed by atoms with Gasteiger partial charge in [-0.2, -0.15) is 0 Å². The third-order valence-electron chi connectivity index (χ3n) is 2.99. The molecule has 0 bridgehead atoms. The van der Waals surface area contributed by atoms with E-state index in [1.54, 1.807) is 6.20 Å². The maximum absolute atomic E-state index is 6.11. The van der Waals surface area contributed by atoms with E-state index in [1.807, 2.05) is 12.1 Å². The zero-order valence-corrected chi connectivity index (χ0v) is 10.8. The van der Waals surface area contributed by atoms with Gasteiger partial charge in [-0.05, 0) is 47.3 Å². The van der Waals surface area contributed by atoms with Crippen LogP contribution >= 0.6 is 15.9 Å². The molecule has 2 atom stereocenters. The van der Waals surface area contributed by atoms with Gasteiger partial charge in [0, 0.05) is 12.2 Å². The summed E-state index contributed by atoms with van der Waals surface area (Å²) in [5.74, 6) is 0.657. The Kier molecular flexibility index (Phi) is 4.18. The molecule has 2 unspecified atom stereocenters. The van der Waals surface area contributed by atoms with Crippen molar-refractivity contribution in [3.63, 3.8) is 0 Å². The molecule has 0 aliphatic heterocycles. The van der Waals surface area contributed by atoms with Crippen molar-refractivity contribution < 1.29 is 4.74 Å². The lowest BCUT2D eigenvalue weighted by molar-refractivity contribution is 0.155. The molecule has 88 valence electrons. The topological polar surface area (TPSA) is 48.1 Å². The molecule has 16 heavy (non-hydrogen) atoms. The number of nitrogens with two attached hydrogens (primary N) is 1. The van der Waals surface area contributed by atoms with Crippen LogP contribution in [0.5, 0.6) is 5.88 Å². The largest absolute Gasteiger partial charge is 0.472 e. The SMILES string of the molecule is NC1CCCCCC1Oc1ncccc1Br. The van der Waals surface area contributed by atoms with Gasteiger partial charge in [0.05, 0.1) is 4.47 Å². The Morgan fingerprint density at radius 2 is 2.12 bits per heavy atom. The van der Waals surface area contributed by atoms with Crippen molar-refractivity contribution in [2.75, 3.05) is 0 Å². The van der Waals surface area contributed by atoms with Gasteiger partial charge < -0.3 is 10.5 Å². The van der Waals surface area contributed by atoms with Crippen molar-refractivity contribution in [1.82, 2.24) is 4.98 Å². The van der Waals surface area contributed by atoms with Crippen molar-refractivity contribution in [3.05, 3.63) is 22.8 Å². The Hall–Kier alpha value is -0.610. The van der Waals surface area contributed by atoms with Gasteiger partial charge in [-0.15, -0.1) is 0 Å². The van der Waals surface area contributed by atoms with E-state index in [0.29, 0.717) is 5.88 Å². The smallest absolute Gasteiger partial charge is 0.228 e. The highest BCUT2D eigenvalue weighted by Gasteiger charge is 2.22. The van der Waals surface area contributed by atoms with Crippen molar-refractivity contribution in [2.45, 2.75) is 44.2 Å². The molecular weight excluding hydrogens is 268 g/mol. The number of pyridine rings is 1. The fourth-order valence-corrected chi connectivity index (χ4v) is 2.40. The molecule has 2 rings (SSSR count). The van der Waals surface area contributed by atoms with Gasteiger partial charge >= 0.3 is 0 Å². The maximum atomic E-state index is 6.11. The van der Waals surface area contributed by atoms with E-state index in [-0.39, 0.29) is 12.1 Å². The van der Waals surface area contributed by atoms with Gasteiger partial charge in [0.2, 0.25) is 5.88 Å². The Morgan fingerprint density at radius 1 is 1.31 bits per heavy atom. The summed E-state index contributed by atoms with van der Waals surface area (Å²) < 4.78 is 6.79. The number of hydrogen-bond donors (Lipinski definition) is 1. The number of hydrogen-bond acceptors (Lipinski definition) is 3. The molecule has 1 aliphatic carbocycles. The van der Waals surface area contributed by atoms with Crippen LogP contribution in [0.3, 0.4) is 0 Å². The van der Waals surface area contributed by atoms with E-state index >= 15 is 0 Å². The van der Waals surface area contributed by atoms with Gasteiger partial charge in [-0.1, -0.05) is 12.8 Å². The third kappa shape index (κ3) is 2.95. The fraction of sp³-hybridized carbons (Fsp3) is 0.583. The van der Waals surface area contributed by atoms with Gasteiger partial charge in [0.15, 0.2) is 0 Å².